The molecule has 0 radical (unpaired) electrons. The minimum absolute atomic E-state index is 0.0142. The second-order valence-electron chi connectivity index (χ2n) is 6.99. The summed E-state index contributed by atoms with van der Waals surface area (Å²) in [5.74, 6) is -0.107. The highest BCUT2D eigenvalue weighted by Gasteiger charge is 2.28. The number of urea groups is 1. The van der Waals surface area contributed by atoms with E-state index in [-0.39, 0.29) is 23.1 Å². The van der Waals surface area contributed by atoms with Gasteiger partial charge in [-0.05, 0) is 62.7 Å². The number of carbonyl (C=O) groups excluding carboxylic acids is 3. The summed E-state index contributed by atoms with van der Waals surface area (Å²) in [6.07, 6.45) is 1.34. The van der Waals surface area contributed by atoms with Gasteiger partial charge in [0.15, 0.2) is 0 Å². The third kappa shape index (κ3) is 5.89. The molecular weight excluding hydrogens is 376 g/mol. The van der Waals surface area contributed by atoms with Crippen LogP contribution in [0.2, 0.25) is 0 Å². The Balaban J connectivity index is 1.84. The number of carbonyl (C=O) groups is 3. The van der Waals surface area contributed by atoms with Gasteiger partial charge in [-0.2, -0.15) is 0 Å². The average molecular weight is 407 g/mol. The van der Waals surface area contributed by atoms with Crippen LogP contribution in [0.1, 0.15) is 26.7 Å². The molecule has 7 nitrogen and oxygen atoms in total. The van der Waals surface area contributed by atoms with Crippen LogP contribution in [-0.2, 0) is 4.79 Å². The first kappa shape index (κ1) is 22.1. The zero-order chi connectivity index (χ0) is 20.7. The molecule has 1 N–H and O–H groups in total. The highest BCUT2D eigenvalue weighted by Crippen LogP contribution is 2.24. The van der Waals surface area contributed by atoms with Crippen LogP contribution < -0.4 is 5.32 Å². The van der Waals surface area contributed by atoms with Crippen molar-refractivity contribution in [2.24, 2.45) is 5.92 Å². The van der Waals surface area contributed by atoms with Crippen LogP contribution in [0.25, 0.3) is 0 Å². The Morgan fingerprint density at radius 3 is 2.14 bits per heavy atom. The first-order valence-corrected chi connectivity index (χ1v) is 10.5. The van der Waals surface area contributed by atoms with Gasteiger partial charge in [0.2, 0.25) is 5.91 Å². The number of benzene rings is 1. The van der Waals surface area contributed by atoms with E-state index in [9.17, 15) is 14.4 Å². The van der Waals surface area contributed by atoms with E-state index in [1.807, 2.05) is 43.0 Å². The average Bonchev–Trinajstić information content (AvgIpc) is 2.70. The smallest absolute Gasteiger partial charge is 0.319 e. The summed E-state index contributed by atoms with van der Waals surface area (Å²) in [4.78, 5) is 42.7. The predicted molar refractivity (Wildman–Crippen MR) is 113 cm³/mol. The van der Waals surface area contributed by atoms with E-state index in [0.29, 0.717) is 44.7 Å². The predicted octanol–water partition coefficient (Wildman–Crippen LogP) is 3.57. The fourth-order valence-corrected chi connectivity index (χ4v) is 3.73. The van der Waals surface area contributed by atoms with Crippen molar-refractivity contribution in [2.75, 3.05) is 45.6 Å². The van der Waals surface area contributed by atoms with Gasteiger partial charge in [-0.1, -0.05) is 0 Å². The summed E-state index contributed by atoms with van der Waals surface area (Å²) in [6.45, 7) is 6.56. The van der Waals surface area contributed by atoms with Gasteiger partial charge in [0, 0.05) is 56.8 Å². The Bertz CT molecular complexity index is 681. The van der Waals surface area contributed by atoms with Crippen LogP contribution in [0.4, 0.5) is 15.3 Å². The Labute approximate surface area is 171 Å². The highest BCUT2D eigenvalue weighted by molar-refractivity contribution is 8.13. The maximum absolute atomic E-state index is 12.6. The first-order valence-electron chi connectivity index (χ1n) is 9.69. The molecule has 1 aromatic carbocycles. The summed E-state index contributed by atoms with van der Waals surface area (Å²) >= 11 is 1.15. The summed E-state index contributed by atoms with van der Waals surface area (Å²) < 4.78 is 0. The van der Waals surface area contributed by atoms with Gasteiger partial charge in [-0.25, -0.2) is 4.79 Å². The van der Waals surface area contributed by atoms with Crippen LogP contribution >= 0.6 is 11.8 Å². The molecule has 1 saturated heterocycles. The van der Waals surface area contributed by atoms with Crippen LogP contribution in [0.15, 0.2) is 29.2 Å². The summed E-state index contributed by atoms with van der Waals surface area (Å²) in [6, 6.07) is 7.33. The molecule has 2 rings (SSSR count). The number of nitrogens with zero attached hydrogens (tertiary/aromatic N) is 3. The van der Waals surface area contributed by atoms with Crippen molar-refractivity contribution < 1.29 is 14.4 Å². The molecule has 0 aliphatic carbocycles. The molecule has 0 atom stereocenters. The van der Waals surface area contributed by atoms with Gasteiger partial charge in [-0.15, -0.1) is 0 Å². The van der Waals surface area contributed by atoms with Gasteiger partial charge in [0.05, 0.1) is 0 Å². The van der Waals surface area contributed by atoms with Crippen LogP contribution in [0.3, 0.4) is 0 Å². The molecule has 0 unspecified atom stereocenters. The van der Waals surface area contributed by atoms with Crippen molar-refractivity contribution in [3.63, 3.8) is 0 Å². The van der Waals surface area contributed by atoms with Gasteiger partial charge in [-0.3, -0.25) is 9.59 Å². The maximum atomic E-state index is 12.6. The van der Waals surface area contributed by atoms with Gasteiger partial charge in [0.25, 0.3) is 5.24 Å². The zero-order valence-corrected chi connectivity index (χ0v) is 17.9. The molecule has 0 aromatic heterocycles. The molecule has 1 aromatic rings. The van der Waals surface area contributed by atoms with Crippen molar-refractivity contribution in [3.05, 3.63) is 24.3 Å². The quantitative estimate of drug-likeness (QED) is 0.759. The molecule has 154 valence electrons. The molecule has 0 bridgehead atoms. The maximum Gasteiger partial charge on any atom is 0.319 e. The van der Waals surface area contributed by atoms with E-state index in [1.54, 1.807) is 19.0 Å². The summed E-state index contributed by atoms with van der Waals surface area (Å²) in [5.41, 5.74) is 0.716. The van der Waals surface area contributed by atoms with Crippen molar-refractivity contribution in [3.8, 4) is 0 Å². The van der Waals surface area contributed by atoms with Gasteiger partial charge >= 0.3 is 6.03 Å². The molecular formula is C20H30N4O3S. The van der Waals surface area contributed by atoms with Crippen LogP contribution in [-0.4, -0.2) is 72.2 Å². The minimum atomic E-state index is -0.0925. The van der Waals surface area contributed by atoms with Gasteiger partial charge < -0.3 is 20.0 Å². The van der Waals surface area contributed by atoms with Crippen molar-refractivity contribution in [2.45, 2.75) is 31.6 Å². The minimum Gasteiger partial charge on any atom is -0.339 e. The van der Waals surface area contributed by atoms with Crippen molar-refractivity contribution in [1.82, 2.24) is 14.7 Å². The lowest BCUT2D eigenvalue weighted by molar-refractivity contribution is -0.121. The van der Waals surface area contributed by atoms with E-state index >= 15 is 0 Å². The molecule has 1 fully saturated rings. The summed E-state index contributed by atoms with van der Waals surface area (Å²) in [5, 5.41) is 2.91. The lowest BCUT2D eigenvalue weighted by Gasteiger charge is -2.34. The number of hydrogen-bond donors (Lipinski definition) is 1. The fraction of sp³-hybridized carbons (Fsp3) is 0.550. The first-order chi connectivity index (χ1) is 13.3. The number of anilines is 1. The third-order valence-corrected chi connectivity index (χ3v) is 5.91. The number of thioether (sulfide) groups is 1. The molecule has 1 aliphatic heterocycles. The molecule has 1 aliphatic rings. The Hall–Kier alpha value is -2.22. The van der Waals surface area contributed by atoms with Crippen LogP contribution in [0, 0.1) is 5.92 Å². The third-order valence-electron chi connectivity index (χ3n) is 4.86. The largest absolute Gasteiger partial charge is 0.339 e. The van der Waals surface area contributed by atoms with Crippen molar-refractivity contribution >= 4 is 34.6 Å². The molecule has 0 spiro atoms. The number of amides is 4. The number of nitrogens with one attached hydrogen (secondary N) is 1. The Kier molecular flexibility index (Phi) is 8.17. The van der Waals surface area contributed by atoms with Crippen LogP contribution in [0.5, 0.6) is 0 Å². The van der Waals surface area contributed by atoms with E-state index < -0.39 is 0 Å². The number of hydrogen-bond acceptors (Lipinski definition) is 4. The number of likely N-dealkylation sites (tertiary alicyclic amines) is 1. The summed E-state index contributed by atoms with van der Waals surface area (Å²) in [7, 11) is 3.43. The molecule has 28 heavy (non-hydrogen) atoms. The van der Waals surface area contributed by atoms with Crippen molar-refractivity contribution in [1.29, 1.82) is 0 Å². The monoisotopic (exact) mass is 406 g/mol. The standard InChI is InChI=1S/C20H30N4O3S/c1-5-23(6-2)19(26)24-13-11-15(12-14-24)18(25)21-16-7-9-17(10-8-16)28-20(27)22(3)4/h7-10,15H,5-6,11-14H2,1-4H3,(H,21,25). The lowest BCUT2D eigenvalue weighted by atomic mass is 9.96. The van der Waals surface area contributed by atoms with E-state index in [0.717, 1.165) is 16.7 Å². The fourth-order valence-electron chi connectivity index (χ4n) is 3.07. The SMILES string of the molecule is CCN(CC)C(=O)N1CCC(C(=O)Nc2ccc(SC(=O)N(C)C)cc2)CC1. The Morgan fingerprint density at radius 1 is 1.07 bits per heavy atom. The lowest BCUT2D eigenvalue weighted by Crippen LogP contribution is -2.47. The van der Waals surface area contributed by atoms with E-state index in [4.69, 9.17) is 0 Å². The Morgan fingerprint density at radius 2 is 1.64 bits per heavy atom. The number of rotatable bonds is 5. The zero-order valence-electron chi connectivity index (χ0n) is 17.1. The van der Waals surface area contributed by atoms with Gasteiger partial charge in [0.1, 0.15) is 0 Å². The second kappa shape index (κ2) is 10.4. The molecule has 4 amide bonds. The highest BCUT2D eigenvalue weighted by atomic mass is 32.2. The molecule has 8 heteroatoms. The molecule has 1 heterocycles. The topological polar surface area (TPSA) is 73.0 Å². The van der Waals surface area contributed by atoms with E-state index in [2.05, 4.69) is 5.32 Å². The molecule has 0 saturated carbocycles. The second-order valence-corrected chi connectivity index (χ2v) is 8.02. The number of piperidine rings is 1. The van der Waals surface area contributed by atoms with E-state index in [1.165, 1.54) is 4.90 Å². The normalized spacial score (nSPS) is 14.5.